The van der Waals surface area contributed by atoms with Gasteiger partial charge < -0.3 is 15.2 Å². The van der Waals surface area contributed by atoms with Crippen LogP contribution in [0.25, 0.3) is 0 Å². The number of carbonyl (C=O) groups is 1. The van der Waals surface area contributed by atoms with Gasteiger partial charge in [0.05, 0.1) is 17.1 Å². The summed E-state index contributed by atoms with van der Waals surface area (Å²) in [5.41, 5.74) is 0.221. The molecule has 0 radical (unpaired) electrons. The lowest BCUT2D eigenvalue weighted by atomic mass is 10.2. The van der Waals surface area contributed by atoms with Crippen molar-refractivity contribution in [1.82, 2.24) is 5.32 Å². The van der Waals surface area contributed by atoms with E-state index in [1.807, 2.05) is 0 Å². The molecule has 0 bridgehead atoms. The number of benzene rings is 1. The molecular formula is C10H12N2O5. The highest BCUT2D eigenvalue weighted by Crippen LogP contribution is 2.18. The van der Waals surface area contributed by atoms with Crippen molar-refractivity contribution >= 4 is 11.8 Å². The Labute approximate surface area is 97.2 Å². The first-order valence-electron chi connectivity index (χ1n) is 4.89. The summed E-state index contributed by atoms with van der Waals surface area (Å²) in [6.45, 7) is -0.301. The molecule has 1 aromatic carbocycles. The second-order valence-electron chi connectivity index (χ2n) is 3.11. The monoisotopic (exact) mass is 240 g/mol. The maximum atomic E-state index is 11.0. The predicted octanol–water partition coefficient (Wildman–Crippen LogP) is 0.813. The number of alkyl carbamates (subject to hydrolysis) is 1. The van der Waals surface area contributed by atoms with Gasteiger partial charge in [-0.1, -0.05) is 12.1 Å². The van der Waals surface area contributed by atoms with Crippen molar-refractivity contribution < 1.29 is 19.6 Å². The summed E-state index contributed by atoms with van der Waals surface area (Å²) in [7, 11) is 0. The van der Waals surface area contributed by atoms with Gasteiger partial charge >= 0.3 is 6.09 Å². The molecule has 1 amide bonds. The summed E-state index contributed by atoms with van der Waals surface area (Å²) in [6.07, 6.45) is -0.725. The molecule has 0 heterocycles. The lowest BCUT2D eigenvalue weighted by Gasteiger charge is -2.06. The highest BCUT2D eigenvalue weighted by Gasteiger charge is 2.13. The quantitative estimate of drug-likeness (QED) is 0.585. The molecule has 92 valence electrons. The third kappa shape index (κ3) is 4.07. The summed E-state index contributed by atoms with van der Waals surface area (Å²) in [5.74, 6) is 0. The van der Waals surface area contributed by atoms with Crippen molar-refractivity contribution in [3.63, 3.8) is 0 Å². The molecule has 7 nitrogen and oxygen atoms in total. The van der Waals surface area contributed by atoms with Gasteiger partial charge in [-0.2, -0.15) is 0 Å². The minimum atomic E-state index is -0.725. The summed E-state index contributed by atoms with van der Waals surface area (Å²) < 4.78 is 4.76. The Morgan fingerprint density at radius 2 is 2.18 bits per heavy atom. The van der Waals surface area contributed by atoms with E-state index in [1.165, 1.54) is 18.2 Å². The molecule has 7 heteroatoms. The molecule has 2 N–H and O–H groups in total. The van der Waals surface area contributed by atoms with Gasteiger partial charge in [0.2, 0.25) is 0 Å². The Bertz CT molecular complexity index is 407. The van der Waals surface area contributed by atoms with Crippen molar-refractivity contribution in [3.8, 4) is 0 Å². The largest absolute Gasteiger partial charge is 0.444 e. The molecule has 0 atom stereocenters. The van der Waals surface area contributed by atoms with Crippen LogP contribution in [0.2, 0.25) is 0 Å². The first kappa shape index (κ1) is 12.9. The van der Waals surface area contributed by atoms with E-state index in [-0.39, 0.29) is 25.4 Å². The molecule has 0 aliphatic heterocycles. The minimum absolute atomic E-state index is 0.0791. The fourth-order valence-corrected chi connectivity index (χ4v) is 1.16. The van der Waals surface area contributed by atoms with Crippen LogP contribution in [0.15, 0.2) is 24.3 Å². The SMILES string of the molecule is O=C(NCCO)OCc1ccccc1[N+](=O)[O-]. The summed E-state index contributed by atoms with van der Waals surface area (Å²) in [4.78, 5) is 21.2. The summed E-state index contributed by atoms with van der Waals surface area (Å²) in [6, 6.07) is 6.01. The number of rotatable bonds is 5. The Morgan fingerprint density at radius 1 is 1.47 bits per heavy atom. The molecule has 0 unspecified atom stereocenters. The Balaban J connectivity index is 2.57. The number of nitrogens with zero attached hydrogens (tertiary/aromatic N) is 1. The van der Waals surface area contributed by atoms with Gasteiger partial charge in [-0.15, -0.1) is 0 Å². The highest BCUT2D eigenvalue weighted by atomic mass is 16.6. The predicted molar refractivity (Wildman–Crippen MR) is 58.4 cm³/mol. The molecule has 0 fully saturated rings. The van der Waals surface area contributed by atoms with Crippen LogP contribution >= 0.6 is 0 Å². The lowest BCUT2D eigenvalue weighted by Crippen LogP contribution is -2.27. The molecule has 1 rings (SSSR count). The average molecular weight is 240 g/mol. The number of ether oxygens (including phenoxy) is 1. The highest BCUT2D eigenvalue weighted by molar-refractivity contribution is 5.67. The second kappa shape index (κ2) is 6.44. The van der Waals surface area contributed by atoms with E-state index in [0.29, 0.717) is 5.56 Å². The molecule has 0 spiro atoms. The number of amides is 1. The number of para-hydroxylation sites is 1. The third-order valence-corrected chi connectivity index (χ3v) is 1.93. The first-order valence-corrected chi connectivity index (χ1v) is 4.89. The molecule has 17 heavy (non-hydrogen) atoms. The van der Waals surface area contributed by atoms with Crippen LogP contribution in [0.4, 0.5) is 10.5 Å². The van der Waals surface area contributed by atoms with Crippen LogP contribution in [0.5, 0.6) is 0 Å². The van der Waals surface area contributed by atoms with Crippen molar-refractivity contribution in [1.29, 1.82) is 0 Å². The van der Waals surface area contributed by atoms with E-state index in [9.17, 15) is 14.9 Å². The van der Waals surface area contributed by atoms with Crippen LogP contribution < -0.4 is 5.32 Å². The van der Waals surface area contributed by atoms with E-state index in [2.05, 4.69) is 5.32 Å². The third-order valence-electron chi connectivity index (χ3n) is 1.93. The normalized spacial score (nSPS) is 9.71. The number of carbonyl (C=O) groups excluding carboxylic acids is 1. The van der Waals surface area contributed by atoms with Gasteiger partial charge in [0, 0.05) is 12.6 Å². The van der Waals surface area contributed by atoms with Gasteiger partial charge in [-0.3, -0.25) is 10.1 Å². The number of hydrogen-bond donors (Lipinski definition) is 2. The van der Waals surface area contributed by atoms with Crippen molar-refractivity contribution in [2.45, 2.75) is 6.61 Å². The number of hydrogen-bond acceptors (Lipinski definition) is 5. The molecule has 0 saturated heterocycles. The van der Waals surface area contributed by atoms with Crippen LogP contribution in [0, 0.1) is 10.1 Å². The number of nitro benzene ring substituents is 1. The standard InChI is InChI=1S/C10H12N2O5/c13-6-5-11-10(14)17-7-8-3-1-2-4-9(8)12(15)16/h1-4,13H,5-7H2,(H,11,14). The topological polar surface area (TPSA) is 102 Å². The zero-order chi connectivity index (χ0) is 12.7. The zero-order valence-electron chi connectivity index (χ0n) is 8.96. The van der Waals surface area contributed by atoms with Crippen molar-refractivity contribution in [2.24, 2.45) is 0 Å². The second-order valence-corrected chi connectivity index (χ2v) is 3.11. The van der Waals surface area contributed by atoms with Crippen molar-refractivity contribution in [3.05, 3.63) is 39.9 Å². The van der Waals surface area contributed by atoms with Crippen LogP contribution in [0.3, 0.4) is 0 Å². The number of aliphatic hydroxyl groups excluding tert-OH is 1. The lowest BCUT2D eigenvalue weighted by molar-refractivity contribution is -0.385. The summed E-state index contributed by atoms with van der Waals surface area (Å²) in [5, 5.41) is 21.4. The Kier molecular flexibility index (Phi) is 4.89. The molecule has 1 aromatic rings. The number of aliphatic hydroxyl groups is 1. The van der Waals surface area contributed by atoms with E-state index < -0.39 is 11.0 Å². The van der Waals surface area contributed by atoms with Crippen LogP contribution in [0.1, 0.15) is 5.56 Å². The maximum Gasteiger partial charge on any atom is 0.407 e. The van der Waals surface area contributed by atoms with E-state index in [1.54, 1.807) is 6.07 Å². The summed E-state index contributed by atoms with van der Waals surface area (Å²) >= 11 is 0. The fourth-order valence-electron chi connectivity index (χ4n) is 1.16. The van der Waals surface area contributed by atoms with Gasteiger partial charge in [0.1, 0.15) is 6.61 Å². The Morgan fingerprint density at radius 3 is 2.82 bits per heavy atom. The average Bonchev–Trinajstić information content (AvgIpc) is 2.34. The van der Waals surface area contributed by atoms with Gasteiger partial charge in [0.25, 0.3) is 5.69 Å². The van der Waals surface area contributed by atoms with Crippen LogP contribution in [-0.2, 0) is 11.3 Å². The number of nitrogens with one attached hydrogen (secondary N) is 1. The fraction of sp³-hybridized carbons (Fsp3) is 0.300. The van der Waals surface area contributed by atoms with Crippen LogP contribution in [-0.4, -0.2) is 29.3 Å². The molecule has 0 aliphatic rings. The van der Waals surface area contributed by atoms with Gasteiger partial charge in [0.15, 0.2) is 0 Å². The molecule has 0 saturated carbocycles. The first-order chi connectivity index (χ1) is 8.15. The van der Waals surface area contributed by atoms with E-state index in [0.717, 1.165) is 0 Å². The minimum Gasteiger partial charge on any atom is -0.444 e. The van der Waals surface area contributed by atoms with E-state index in [4.69, 9.17) is 9.84 Å². The zero-order valence-corrected chi connectivity index (χ0v) is 8.96. The Hall–Kier alpha value is -2.15. The smallest absolute Gasteiger partial charge is 0.407 e. The van der Waals surface area contributed by atoms with E-state index >= 15 is 0 Å². The number of nitro groups is 1. The van der Waals surface area contributed by atoms with Gasteiger partial charge in [-0.05, 0) is 6.07 Å². The maximum absolute atomic E-state index is 11.0. The van der Waals surface area contributed by atoms with Crippen molar-refractivity contribution in [2.75, 3.05) is 13.2 Å². The molecule has 0 aliphatic carbocycles. The molecular weight excluding hydrogens is 228 g/mol. The molecule has 0 aromatic heterocycles. The van der Waals surface area contributed by atoms with Gasteiger partial charge in [-0.25, -0.2) is 4.79 Å².